The first kappa shape index (κ1) is 13.1. The van der Waals surface area contributed by atoms with E-state index < -0.39 is 6.10 Å². The molecule has 1 heterocycles. The molecule has 16 heavy (non-hydrogen) atoms. The van der Waals surface area contributed by atoms with Gasteiger partial charge in [0, 0.05) is 14.2 Å². The number of hydrogen-bond acceptors (Lipinski definition) is 5. The molecule has 0 aliphatic carbocycles. The summed E-state index contributed by atoms with van der Waals surface area (Å²) in [5.74, 6) is 1.80. The molecule has 0 radical (unpaired) electrons. The number of methoxy groups -OCH3 is 1. The van der Waals surface area contributed by atoms with Crippen molar-refractivity contribution in [2.75, 3.05) is 20.3 Å². The van der Waals surface area contributed by atoms with E-state index in [0.717, 1.165) is 18.2 Å². The van der Waals surface area contributed by atoms with Gasteiger partial charge < -0.3 is 19.7 Å². The molecule has 0 saturated carbocycles. The smallest absolute Gasteiger partial charge is 0.146 e. The number of aromatic nitrogens is 3. The van der Waals surface area contributed by atoms with Gasteiger partial charge in [-0.15, -0.1) is 10.2 Å². The largest absolute Gasteiger partial charge is 0.391 e. The molecule has 0 aromatic carbocycles. The minimum atomic E-state index is -0.404. The molecule has 0 bridgehead atoms. The molecular formula is C10H20N4O2. The fraction of sp³-hybridized carbons (Fsp3) is 0.800. The Bertz CT molecular complexity index is 314. The molecule has 1 atom stereocenters. The van der Waals surface area contributed by atoms with E-state index in [1.54, 1.807) is 7.11 Å². The van der Waals surface area contributed by atoms with E-state index in [4.69, 9.17) is 4.74 Å². The summed E-state index contributed by atoms with van der Waals surface area (Å²) < 4.78 is 6.78. The average molecular weight is 228 g/mol. The van der Waals surface area contributed by atoms with Crippen LogP contribution in [0.15, 0.2) is 0 Å². The Morgan fingerprint density at radius 3 is 2.81 bits per heavy atom. The molecule has 6 heteroatoms. The lowest BCUT2D eigenvalue weighted by atomic mass is 10.2. The normalized spacial score (nSPS) is 13.0. The van der Waals surface area contributed by atoms with Gasteiger partial charge in [-0.05, 0) is 19.9 Å². The van der Waals surface area contributed by atoms with Gasteiger partial charge in [0.15, 0.2) is 0 Å². The Hall–Kier alpha value is -0.980. The van der Waals surface area contributed by atoms with Crippen molar-refractivity contribution >= 4 is 0 Å². The molecule has 1 aromatic rings. The highest BCUT2D eigenvalue weighted by atomic mass is 16.5. The number of ether oxygens (including phenoxy) is 1. The second-order valence-corrected chi connectivity index (χ2v) is 3.80. The number of aliphatic hydroxyl groups excluding tert-OH is 1. The zero-order chi connectivity index (χ0) is 12.0. The SMILES string of the molecule is COCC(O)CCNCc1nnc(C)n1C. The van der Waals surface area contributed by atoms with Crippen molar-refractivity contribution in [3.05, 3.63) is 11.6 Å². The maximum Gasteiger partial charge on any atom is 0.146 e. The molecular weight excluding hydrogens is 208 g/mol. The highest BCUT2D eigenvalue weighted by Crippen LogP contribution is 1.97. The lowest BCUT2D eigenvalue weighted by Gasteiger charge is -2.09. The number of nitrogens with one attached hydrogen (secondary N) is 1. The summed E-state index contributed by atoms with van der Waals surface area (Å²) in [6.45, 7) is 3.69. The summed E-state index contributed by atoms with van der Waals surface area (Å²) in [5, 5.41) is 20.6. The summed E-state index contributed by atoms with van der Waals surface area (Å²) in [6, 6.07) is 0. The van der Waals surface area contributed by atoms with Crippen LogP contribution in [-0.2, 0) is 18.3 Å². The molecule has 0 fully saturated rings. The van der Waals surface area contributed by atoms with E-state index >= 15 is 0 Å². The van der Waals surface area contributed by atoms with Crippen molar-refractivity contribution in [1.29, 1.82) is 0 Å². The second-order valence-electron chi connectivity index (χ2n) is 3.80. The molecule has 1 aromatic heterocycles. The number of rotatable bonds is 7. The van der Waals surface area contributed by atoms with Crippen LogP contribution in [0.3, 0.4) is 0 Å². The quantitative estimate of drug-likeness (QED) is 0.622. The molecule has 0 aliphatic heterocycles. The van der Waals surface area contributed by atoms with E-state index in [1.165, 1.54) is 0 Å². The first-order valence-electron chi connectivity index (χ1n) is 5.37. The maximum absolute atomic E-state index is 9.41. The summed E-state index contributed by atoms with van der Waals surface area (Å²) in [5.41, 5.74) is 0. The number of aryl methyl sites for hydroxylation is 1. The third kappa shape index (κ3) is 3.88. The molecule has 0 amide bonds. The standard InChI is InChI=1S/C10H20N4O2/c1-8-12-13-10(14(8)2)6-11-5-4-9(15)7-16-3/h9,11,15H,4-7H2,1-3H3. The third-order valence-corrected chi connectivity index (χ3v) is 2.48. The van der Waals surface area contributed by atoms with Crippen LogP contribution in [0, 0.1) is 6.92 Å². The van der Waals surface area contributed by atoms with Gasteiger partial charge in [0.05, 0.1) is 19.3 Å². The Morgan fingerprint density at radius 1 is 1.50 bits per heavy atom. The number of nitrogens with zero attached hydrogens (tertiary/aromatic N) is 3. The highest BCUT2D eigenvalue weighted by Gasteiger charge is 2.05. The topological polar surface area (TPSA) is 72.2 Å². The Labute approximate surface area is 95.6 Å². The summed E-state index contributed by atoms with van der Waals surface area (Å²) in [7, 11) is 3.52. The van der Waals surface area contributed by atoms with Gasteiger partial charge in [0.1, 0.15) is 11.6 Å². The van der Waals surface area contributed by atoms with Crippen LogP contribution in [0.2, 0.25) is 0 Å². The fourth-order valence-corrected chi connectivity index (χ4v) is 1.35. The van der Waals surface area contributed by atoms with Crippen molar-refractivity contribution < 1.29 is 9.84 Å². The average Bonchev–Trinajstić information content (AvgIpc) is 2.56. The van der Waals surface area contributed by atoms with Gasteiger partial charge in [-0.1, -0.05) is 0 Å². The van der Waals surface area contributed by atoms with Crippen molar-refractivity contribution in [3.8, 4) is 0 Å². The zero-order valence-electron chi connectivity index (χ0n) is 10.1. The van der Waals surface area contributed by atoms with Crippen LogP contribution in [0.4, 0.5) is 0 Å². The fourth-order valence-electron chi connectivity index (χ4n) is 1.35. The lowest BCUT2D eigenvalue weighted by Crippen LogP contribution is -2.24. The first-order chi connectivity index (χ1) is 7.65. The third-order valence-electron chi connectivity index (χ3n) is 2.48. The van der Waals surface area contributed by atoms with E-state index in [-0.39, 0.29) is 0 Å². The van der Waals surface area contributed by atoms with E-state index in [1.807, 2.05) is 18.5 Å². The van der Waals surface area contributed by atoms with Crippen LogP contribution >= 0.6 is 0 Å². The molecule has 0 spiro atoms. The van der Waals surface area contributed by atoms with Gasteiger partial charge >= 0.3 is 0 Å². The van der Waals surface area contributed by atoms with Gasteiger partial charge in [0.2, 0.25) is 0 Å². The predicted octanol–water partition coefficient (Wildman–Crippen LogP) is -0.389. The zero-order valence-corrected chi connectivity index (χ0v) is 10.1. The minimum Gasteiger partial charge on any atom is -0.391 e. The van der Waals surface area contributed by atoms with Crippen LogP contribution < -0.4 is 5.32 Å². The molecule has 6 nitrogen and oxygen atoms in total. The molecule has 1 unspecified atom stereocenters. The monoisotopic (exact) mass is 228 g/mol. The van der Waals surface area contributed by atoms with E-state index in [0.29, 0.717) is 19.6 Å². The first-order valence-corrected chi connectivity index (χ1v) is 5.37. The Kier molecular flexibility index (Phi) is 5.37. The van der Waals surface area contributed by atoms with Crippen molar-refractivity contribution in [1.82, 2.24) is 20.1 Å². The van der Waals surface area contributed by atoms with Crippen LogP contribution in [-0.4, -0.2) is 46.2 Å². The molecule has 0 aliphatic rings. The minimum absolute atomic E-state index is 0.380. The van der Waals surface area contributed by atoms with Crippen molar-refractivity contribution in [2.45, 2.75) is 26.0 Å². The van der Waals surface area contributed by atoms with Crippen molar-refractivity contribution in [2.24, 2.45) is 7.05 Å². The van der Waals surface area contributed by atoms with E-state index in [2.05, 4.69) is 15.5 Å². The lowest BCUT2D eigenvalue weighted by molar-refractivity contribution is 0.0593. The maximum atomic E-state index is 9.41. The predicted molar refractivity (Wildman–Crippen MR) is 59.9 cm³/mol. The molecule has 2 N–H and O–H groups in total. The number of aliphatic hydroxyl groups is 1. The summed E-state index contributed by atoms with van der Waals surface area (Å²) in [4.78, 5) is 0. The number of hydrogen-bond donors (Lipinski definition) is 2. The van der Waals surface area contributed by atoms with Crippen LogP contribution in [0.25, 0.3) is 0 Å². The van der Waals surface area contributed by atoms with E-state index in [9.17, 15) is 5.11 Å². The molecule has 1 rings (SSSR count). The summed E-state index contributed by atoms with van der Waals surface area (Å²) >= 11 is 0. The van der Waals surface area contributed by atoms with Gasteiger partial charge in [0.25, 0.3) is 0 Å². The van der Waals surface area contributed by atoms with Gasteiger partial charge in [-0.3, -0.25) is 0 Å². The molecule has 0 saturated heterocycles. The molecule has 92 valence electrons. The Balaban J connectivity index is 2.18. The van der Waals surface area contributed by atoms with Crippen LogP contribution in [0.1, 0.15) is 18.1 Å². The van der Waals surface area contributed by atoms with Gasteiger partial charge in [-0.25, -0.2) is 0 Å². The summed E-state index contributed by atoms with van der Waals surface area (Å²) in [6.07, 6.45) is 0.267. The highest BCUT2D eigenvalue weighted by molar-refractivity contribution is 4.91. The Morgan fingerprint density at radius 2 is 2.25 bits per heavy atom. The van der Waals surface area contributed by atoms with Gasteiger partial charge in [-0.2, -0.15) is 0 Å². The second kappa shape index (κ2) is 6.57. The van der Waals surface area contributed by atoms with Crippen LogP contribution in [0.5, 0.6) is 0 Å². The van der Waals surface area contributed by atoms with Crippen molar-refractivity contribution in [3.63, 3.8) is 0 Å².